The number of hydrogen-bond acceptors (Lipinski definition) is 3. The van der Waals surface area contributed by atoms with E-state index < -0.39 is 0 Å². The van der Waals surface area contributed by atoms with Crippen LogP contribution >= 0.6 is 27.5 Å². The molecule has 1 amide bonds. The number of anilines is 2. The molecule has 23 heavy (non-hydrogen) atoms. The molecule has 0 radical (unpaired) electrons. The highest BCUT2D eigenvalue weighted by Gasteiger charge is 2.15. The summed E-state index contributed by atoms with van der Waals surface area (Å²) in [6.45, 7) is 3.06. The first-order valence-electron chi connectivity index (χ1n) is 7.32. The smallest absolute Gasteiger partial charge is 0.255 e. The van der Waals surface area contributed by atoms with Crippen molar-refractivity contribution in [3.8, 4) is 0 Å². The largest absolute Gasteiger partial charge is 0.378 e. The number of nitrogens with one attached hydrogen (secondary N) is 1. The molecular weight excluding hydrogens is 380 g/mol. The van der Waals surface area contributed by atoms with E-state index in [4.69, 9.17) is 16.3 Å². The van der Waals surface area contributed by atoms with Crippen LogP contribution in [0.15, 0.2) is 46.9 Å². The molecule has 0 aliphatic carbocycles. The predicted molar refractivity (Wildman–Crippen MR) is 96.6 cm³/mol. The zero-order valence-electron chi connectivity index (χ0n) is 12.4. The lowest BCUT2D eigenvalue weighted by molar-refractivity contribution is 0.102. The summed E-state index contributed by atoms with van der Waals surface area (Å²) in [7, 11) is 0. The predicted octanol–water partition coefficient (Wildman–Crippen LogP) is 4.19. The van der Waals surface area contributed by atoms with Gasteiger partial charge in [-0.15, -0.1) is 0 Å². The zero-order valence-corrected chi connectivity index (χ0v) is 14.7. The number of ether oxygens (including phenoxy) is 1. The van der Waals surface area contributed by atoms with Crippen LogP contribution in [0, 0.1) is 0 Å². The summed E-state index contributed by atoms with van der Waals surface area (Å²) in [5, 5.41) is 3.49. The Hall–Kier alpha value is -1.56. The van der Waals surface area contributed by atoms with Gasteiger partial charge in [0.05, 0.1) is 23.9 Å². The molecule has 1 heterocycles. The molecule has 0 atom stereocenters. The molecule has 120 valence electrons. The standard InChI is InChI=1S/C17H16BrClN2O2/c18-13-3-1-12(2-4-13)17(22)20-14-5-6-16(15(19)11-14)21-7-9-23-10-8-21/h1-6,11H,7-10H2,(H,20,22). The number of morpholine rings is 1. The first kappa shape index (κ1) is 16.3. The first-order valence-corrected chi connectivity index (χ1v) is 8.50. The molecule has 1 aliphatic heterocycles. The number of halogens is 2. The van der Waals surface area contributed by atoms with Crippen LogP contribution in [0.3, 0.4) is 0 Å². The van der Waals surface area contributed by atoms with Crippen molar-refractivity contribution < 1.29 is 9.53 Å². The fraction of sp³-hybridized carbons (Fsp3) is 0.235. The van der Waals surface area contributed by atoms with Crippen molar-refractivity contribution in [2.45, 2.75) is 0 Å². The summed E-state index contributed by atoms with van der Waals surface area (Å²) in [6, 6.07) is 12.8. The van der Waals surface area contributed by atoms with Gasteiger partial charge in [0.25, 0.3) is 5.91 Å². The summed E-state index contributed by atoms with van der Waals surface area (Å²) < 4.78 is 6.29. The topological polar surface area (TPSA) is 41.6 Å². The van der Waals surface area contributed by atoms with E-state index >= 15 is 0 Å². The molecule has 1 fully saturated rings. The molecule has 2 aromatic carbocycles. The number of amides is 1. The lowest BCUT2D eigenvalue weighted by atomic mass is 10.2. The van der Waals surface area contributed by atoms with Gasteiger partial charge >= 0.3 is 0 Å². The van der Waals surface area contributed by atoms with Crippen LogP contribution in [0.25, 0.3) is 0 Å². The van der Waals surface area contributed by atoms with Gasteiger partial charge in [0.1, 0.15) is 0 Å². The zero-order chi connectivity index (χ0) is 16.2. The van der Waals surface area contributed by atoms with Gasteiger partial charge in [0.15, 0.2) is 0 Å². The van der Waals surface area contributed by atoms with Gasteiger partial charge in [0, 0.05) is 28.8 Å². The van der Waals surface area contributed by atoms with Crippen molar-refractivity contribution in [1.82, 2.24) is 0 Å². The normalized spacial score (nSPS) is 14.6. The van der Waals surface area contributed by atoms with Gasteiger partial charge in [-0.05, 0) is 42.5 Å². The van der Waals surface area contributed by atoms with Crippen LogP contribution in [0.2, 0.25) is 5.02 Å². The fourth-order valence-electron chi connectivity index (χ4n) is 2.45. The highest BCUT2D eigenvalue weighted by molar-refractivity contribution is 9.10. The van der Waals surface area contributed by atoms with Crippen LogP contribution in [-0.2, 0) is 4.74 Å². The Morgan fingerprint density at radius 2 is 1.83 bits per heavy atom. The maximum absolute atomic E-state index is 12.2. The van der Waals surface area contributed by atoms with E-state index in [1.165, 1.54) is 0 Å². The lowest BCUT2D eigenvalue weighted by Gasteiger charge is -2.29. The molecule has 1 saturated heterocycles. The van der Waals surface area contributed by atoms with Crippen LogP contribution in [-0.4, -0.2) is 32.2 Å². The molecule has 3 rings (SSSR count). The Labute approximate surface area is 148 Å². The minimum Gasteiger partial charge on any atom is -0.378 e. The molecular formula is C17H16BrClN2O2. The van der Waals surface area contributed by atoms with Crippen molar-refractivity contribution in [3.63, 3.8) is 0 Å². The molecule has 0 saturated carbocycles. The van der Waals surface area contributed by atoms with Crippen molar-refractivity contribution in [2.75, 3.05) is 36.5 Å². The lowest BCUT2D eigenvalue weighted by Crippen LogP contribution is -2.36. The van der Waals surface area contributed by atoms with E-state index in [1.54, 1.807) is 18.2 Å². The van der Waals surface area contributed by atoms with E-state index in [0.29, 0.717) is 29.5 Å². The van der Waals surface area contributed by atoms with Gasteiger partial charge < -0.3 is 15.0 Å². The number of benzene rings is 2. The third-order valence-electron chi connectivity index (χ3n) is 3.66. The van der Waals surface area contributed by atoms with Crippen LogP contribution in [0.5, 0.6) is 0 Å². The van der Waals surface area contributed by atoms with E-state index in [1.807, 2.05) is 24.3 Å². The Morgan fingerprint density at radius 3 is 2.48 bits per heavy atom. The Morgan fingerprint density at radius 1 is 1.13 bits per heavy atom. The van der Waals surface area contributed by atoms with E-state index in [-0.39, 0.29) is 5.91 Å². The molecule has 1 aliphatic rings. The first-order chi connectivity index (χ1) is 11.1. The highest BCUT2D eigenvalue weighted by Crippen LogP contribution is 2.29. The maximum atomic E-state index is 12.2. The summed E-state index contributed by atoms with van der Waals surface area (Å²) in [5.74, 6) is -0.160. The van der Waals surface area contributed by atoms with Crippen molar-refractivity contribution in [2.24, 2.45) is 0 Å². The SMILES string of the molecule is O=C(Nc1ccc(N2CCOCC2)c(Cl)c1)c1ccc(Br)cc1. The minimum atomic E-state index is -0.160. The van der Waals surface area contributed by atoms with Gasteiger partial charge in [-0.1, -0.05) is 27.5 Å². The van der Waals surface area contributed by atoms with Gasteiger partial charge in [-0.25, -0.2) is 0 Å². The molecule has 1 N–H and O–H groups in total. The fourth-order valence-corrected chi connectivity index (χ4v) is 3.01. The van der Waals surface area contributed by atoms with E-state index in [2.05, 4.69) is 26.1 Å². The van der Waals surface area contributed by atoms with Crippen LogP contribution in [0.4, 0.5) is 11.4 Å². The summed E-state index contributed by atoms with van der Waals surface area (Å²) in [4.78, 5) is 14.4. The van der Waals surface area contributed by atoms with Crippen LogP contribution in [0.1, 0.15) is 10.4 Å². The highest BCUT2D eigenvalue weighted by atomic mass is 79.9. The average Bonchev–Trinajstić information content (AvgIpc) is 2.56. The summed E-state index contributed by atoms with van der Waals surface area (Å²) in [5.41, 5.74) is 2.25. The molecule has 0 spiro atoms. The Kier molecular flexibility index (Phi) is 5.20. The summed E-state index contributed by atoms with van der Waals surface area (Å²) in [6.07, 6.45) is 0. The van der Waals surface area contributed by atoms with E-state index in [9.17, 15) is 4.79 Å². The second-order valence-corrected chi connectivity index (χ2v) is 6.55. The van der Waals surface area contributed by atoms with Crippen molar-refractivity contribution >= 4 is 44.8 Å². The molecule has 2 aromatic rings. The summed E-state index contributed by atoms with van der Waals surface area (Å²) >= 11 is 9.73. The molecule has 0 aromatic heterocycles. The van der Waals surface area contributed by atoms with Crippen LogP contribution < -0.4 is 10.2 Å². The maximum Gasteiger partial charge on any atom is 0.255 e. The monoisotopic (exact) mass is 394 g/mol. The number of carbonyl (C=O) groups is 1. The third-order valence-corrected chi connectivity index (χ3v) is 4.50. The molecule has 4 nitrogen and oxygen atoms in total. The van der Waals surface area contributed by atoms with Gasteiger partial charge in [-0.3, -0.25) is 4.79 Å². The van der Waals surface area contributed by atoms with Crippen molar-refractivity contribution in [3.05, 3.63) is 57.5 Å². The number of rotatable bonds is 3. The number of carbonyl (C=O) groups excluding carboxylic acids is 1. The van der Waals surface area contributed by atoms with Gasteiger partial charge in [0.2, 0.25) is 0 Å². The Bertz CT molecular complexity index is 700. The third kappa shape index (κ3) is 4.05. The van der Waals surface area contributed by atoms with Gasteiger partial charge in [-0.2, -0.15) is 0 Å². The number of hydrogen-bond donors (Lipinski definition) is 1. The Balaban J connectivity index is 1.72. The molecule has 0 unspecified atom stereocenters. The molecule has 6 heteroatoms. The molecule has 0 bridgehead atoms. The van der Waals surface area contributed by atoms with Crippen molar-refractivity contribution in [1.29, 1.82) is 0 Å². The van der Waals surface area contributed by atoms with E-state index in [0.717, 1.165) is 23.2 Å². The second-order valence-electron chi connectivity index (χ2n) is 5.23. The average molecular weight is 396 g/mol. The number of nitrogens with zero attached hydrogens (tertiary/aromatic N) is 1. The second kappa shape index (κ2) is 7.34. The quantitative estimate of drug-likeness (QED) is 0.847. The minimum absolute atomic E-state index is 0.160.